The van der Waals surface area contributed by atoms with E-state index in [1.807, 2.05) is 11.3 Å². The fraction of sp³-hybridized carbons (Fsp3) is 0.269. The van der Waals surface area contributed by atoms with Crippen molar-refractivity contribution >= 4 is 21.6 Å². The summed E-state index contributed by atoms with van der Waals surface area (Å²) in [7, 11) is 0. The van der Waals surface area contributed by atoms with Crippen LogP contribution in [-0.2, 0) is 23.3 Å². The van der Waals surface area contributed by atoms with Crippen LogP contribution >= 0.6 is 11.3 Å². The maximum atomic E-state index is 6.13. The summed E-state index contributed by atoms with van der Waals surface area (Å²) in [6.45, 7) is 3.27. The number of hydrogen-bond acceptors (Lipinski definition) is 4. The number of thiazole rings is 1. The molecule has 0 aliphatic carbocycles. The molecule has 1 aliphatic rings. The third-order valence-corrected chi connectivity index (χ3v) is 7.21. The lowest BCUT2D eigenvalue weighted by atomic mass is 9.74. The van der Waals surface area contributed by atoms with Crippen molar-refractivity contribution in [3.05, 3.63) is 101 Å². The molecule has 152 valence electrons. The third-order valence-electron chi connectivity index (χ3n) is 5.97. The quantitative estimate of drug-likeness (QED) is 0.395. The Hall–Kier alpha value is -2.53. The van der Waals surface area contributed by atoms with Gasteiger partial charge in [0.2, 0.25) is 0 Å². The van der Waals surface area contributed by atoms with Gasteiger partial charge in [0.15, 0.2) is 0 Å². The molecule has 1 aliphatic heterocycles. The number of hydrogen-bond donors (Lipinski definition) is 1. The minimum atomic E-state index is -0.174. The molecule has 2 heterocycles. The predicted octanol–water partition coefficient (Wildman–Crippen LogP) is 5.68. The molecule has 0 fully saturated rings. The Morgan fingerprint density at radius 1 is 0.933 bits per heavy atom. The second-order valence-corrected chi connectivity index (χ2v) is 9.02. The molecule has 1 aromatic heterocycles. The Balaban J connectivity index is 1.40. The third kappa shape index (κ3) is 3.79. The van der Waals surface area contributed by atoms with Gasteiger partial charge >= 0.3 is 0 Å². The van der Waals surface area contributed by atoms with Gasteiger partial charge in [0.1, 0.15) is 5.01 Å². The van der Waals surface area contributed by atoms with Crippen molar-refractivity contribution in [2.24, 2.45) is 0 Å². The smallest absolute Gasteiger partial charge is 0.107 e. The molecule has 4 aromatic rings. The second kappa shape index (κ2) is 8.68. The number of nitrogens with one attached hydrogen (secondary N) is 1. The van der Waals surface area contributed by atoms with E-state index in [1.54, 1.807) is 0 Å². The summed E-state index contributed by atoms with van der Waals surface area (Å²) in [6, 6.07) is 27.8. The predicted molar refractivity (Wildman–Crippen MR) is 124 cm³/mol. The van der Waals surface area contributed by atoms with Gasteiger partial charge in [-0.05, 0) is 48.2 Å². The minimum Gasteiger partial charge on any atom is -0.375 e. The van der Waals surface area contributed by atoms with Crippen LogP contribution in [0.4, 0.5) is 0 Å². The highest BCUT2D eigenvalue weighted by Crippen LogP contribution is 2.44. The van der Waals surface area contributed by atoms with Crippen LogP contribution in [0.1, 0.15) is 34.5 Å². The zero-order valence-electron chi connectivity index (χ0n) is 17.0. The van der Waals surface area contributed by atoms with E-state index in [2.05, 4.69) is 84.2 Å². The SMILES string of the molecule is c1ccc(CNCCCC2(c3nc4ccccc4s3)COCc3ccccc32)cc1. The Kier molecular flexibility index (Phi) is 5.63. The van der Waals surface area contributed by atoms with E-state index in [0.717, 1.165) is 31.4 Å². The van der Waals surface area contributed by atoms with Crippen LogP contribution in [0.25, 0.3) is 10.2 Å². The van der Waals surface area contributed by atoms with Crippen LogP contribution in [0.2, 0.25) is 0 Å². The van der Waals surface area contributed by atoms with Crippen molar-refractivity contribution in [2.75, 3.05) is 13.2 Å². The van der Waals surface area contributed by atoms with Crippen LogP contribution < -0.4 is 5.32 Å². The first-order valence-corrected chi connectivity index (χ1v) is 11.4. The summed E-state index contributed by atoms with van der Waals surface area (Å²) in [5.74, 6) is 0. The fourth-order valence-corrected chi connectivity index (χ4v) is 5.62. The summed E-state index contributed by atoms with van der Waals surface area (Å²) >= 11 is 1.82. The molecule has 30 heavy (non-hydrogen) atoms. The summed E-state index contributed by atoms with van der Waals surface area (Å²) < 4.78 is 7.38. The van der Waals surface area contributed by atoms with Crippen LogP contribution in [0.3, 0.4) is 0 Å². The monoisotopic (exact) mass is 414 g/mol. The van der Waals surface area contributed by atoms with E-state index < -0.39 is 0 Å². The molecule has 0 amide bonds. The van der Waals surface area contributed by atoms with Gasteiger partial charge in [0.05, 0.1) is 28.8 Å². The van der Waals surface area contributed by atoms with Crippen molar-refractivity contribution in [1.82, 2.24) is 10.3 Å². The van der Waals surface area contributed by atoms with E-state index in [1.165, 1.54) is 26.4 Å². The molecule has 4 heteroatoms. The van der Waals surface area contributed by atoms with Gasteiger partial charge in [-0.2, -0.15) is 0 Å². The molecule has 0 spiro atoms. The molecule has 3 aromatic carbocycles. The van der Waals surface area contributed by atoms with Crippen molar-refractivity contribution < 1.29 is 4.74 Å². The molecular formula is C26H26N2OS. The molecule has 5 rings (SSSR count). The fourth-order valence-electron chi connectivity index (χ4n) is 4.44. The maximum Gasteiger partial charge on any atom is 0.107 e. The molecule has 1 atom stereocenters. The highest BCUT2D eigenvalue weighted by molar-refractivity contribution is 7.18. The lowest BCUT2D eigenvalue weighted by molar-refractivity contribution is 0.0613. The lowest BCUT2D eigenvalue weighted by Gasteiger charge is -2.37. The van der Waals surface area contributed by atoms with Crippen molar-refractivity contribution in [3.63, 3.8) is 0 Å². The summed E-state index contributed by atoms with van der Waals surface area (Å²) in [4.78, 5) is 5.07. The number of aromatic nitrogens is 1. The molecule has 0 saturated heterocycles. The first-order chi connectivity index (χ1) is 14.9. The van der Waals surface area contributed by atoms with Crippen LogP contribution in [0.5, 0.6) is 0 Å². The first kappa shape index (κ1) is 19.4. The number of nitrogens with zero attached hydrogens (tertiary/aromatic N) is 1. The zero-order chi connectivity index (χ0) is 20.2. The molecule has 0 bridgehead atoms. The zero-order valence-corrected chi connectivity index (χ0v) is 17.8. The Labute approximate surface area is 181 Å². The Bertz CT molecular complexity index is 1090. The first-order valence-electron chi connectivity index (χ1n) is 10.6. The minimum absolute atomic E-state index is 0.174. The number of para-hydroxylation sites is 1. The maximum absolute atomic E-state index is 6.13. The second-order valence-electron chi connectivity index (χ2n) is 7.98. The highest BCUT2D eigenvalue weighted by atomic mass is 32.1. The molecule has 3 nitrogen and oxygen atoms in total. The van der Waals surface area contributed by atoms with E-state index in [-0.39, 0.29) is 5.41 Å². The average molecular weight is 415 g/mol. The topological polar surface area (TPSA) is 34.2 Å². The average Bonchev–Trinajstić information content (AvgIpc) is 3.24. The molecular weight excluding hydrogens is 388 g/mol. The van der Waals surface area contributed by atoms with Crippen molar-refractivity contribution in [3.8, 4) is 0 Å². The van der Waals surface area contributed by atoms with Gasteiger partial charge in [0.25, 0.3) is 0 Å². The molecule has 1 N–H and O–H groups in total. The van der Waals surface area contributed by atoms with Crippen LogP contribution in [0.15, 0.2) is 78.9 Å². The largest absolute Gasteiger partial charge is 0.375 e. The summed E-state index contributed by atoms with van der Waals surface area (Å²) in [5.41, 5.74) is 4.91. The van der Waals surface area contributed by atoms with Gasteiger partial charge < -0.3 is 10.1 Å². The van der Waals surface area contributed by atoms with E-state index in [9.17, 15) is 0 Å². The van der Waals surface area contributed by atoms with E-state index >= 15 is 0 Å². The summed E-state index contributed by atoms with van der Waals surface area (Å²) in [6.07, 6.45) is 2.09. The van der Waals surface area contributed by atoms with Gasteiger partial charge in [-0.3, -0.25) is 0 Å². The number of fused-ring (bicyclic) bond motifs is 2. The number of rotatable bonds is 7. The van der Waals surface area contributed by atoms with Gasteiger partial charge in [-0.1, -0.05) is 66.7 Å². The van der Waals surface area contributed by atoms with Gasteiger partial charge in [0, 0.05) is 6.54 Å². The Morgan fingerprint density at radius 2 is 1.73 bits per heavy atom. The van der Waals surface area contributed by atoms with Gasteiger partial charge in [-0.15, -0.1) is 11.3 Å². The highest BCUT2D eigenvalue weighted by Gasteiger charge is 2.41. The van der Waals surface area contributed by atoms with Crippen LogP contribution in [0, 0.1) is 0 Å². The van der Waals surface area contributed by atoms with E-state index in [0.29, 0.717) is 13.2 Å². The number of ether oxygens (including phenoxy) is 1. The normalized spacial score (nSPS) is 18.4. The standard InChI is InChI=1S/C26H26N2OS/c1-2-9-20(10-3-1)17-27-16-8-15-26(19-29-18-21-11-4-5-12-22(21)26)25-28-23-13-6-7-14-24(23)30-25/h1-7,9-14,27H,8,15-19H2. The molecule has 0 radical (unpaired) electrons. The summed E-state index contributed by atoms with van der Waals surface area (Å²) in [5, 5.41) is 4.78. The van der Waals surface area contributed by atoms with Gasteiger partial charge in [-0.25, -0.2) is 4.98 Å². The van der Waals surface area contributed by atoms with Crippen LogP contribution in [-0.4, -0.2) is 18.1 Å². The van der Waals surface area contributed by atoms with E-state index in [4.69, 9.17) is 9.72 Å². The number of benzene rings is 3. The van der Waals surface area contributed by atoms with Crippen molar-refractivity contribution in [2.45, 2.75) is 31.4 Å². The lowest BCUT2D eigenvalue weighted by Crippen LogP contribution is -2.38. The Morgan fingerprint density at radius 3 is 2.63 bits per heavy atom. The molecule has 0 saturated carbocycles. The van der Waals surface area contributed by atoms with Crippen molar-refractivity contribution in [1.29, 1.82) is 0 Å². The molecule has 1 unspecified atom stereocenters.